The predicted octanol–water partition coefficient (Wildman–Crippen LogP) is 1.26. The van der Waals surface area contributed by atoms with E-state index in [1.807, 2.05) is 17.2 Å². The van der Waals surface area contributed by atoms with Gasteiger partial charge in [-0.25, -0.2) is 0 Å². The maximum atomic E-state index is 12.7. The zero-order valence-electron chi connectivity index (χ0n) is 14.0. The van der Waals surface area contributed by atoms with Crippen molar-refractivity contribution in [2.24, 2.45) is 5.73 Å². The molecule has 1 amide bonds. The molecule has 3 N–H and O–H groups in total. The number of aromatic amines is 1. The van der Waals surface area contributed by atoms with Gasteiger partial charge in [0, 0.05) is 25.0 Å². The molecule has 1 fully saturated rings. The number of nitrogens with one attached hydrogen (secondary N) is 1. The molecule has 6 heteroatoms. The molecular formula is C18H25N5O. The van der Waals surface area contributed by atoms with Crippen molar-refractivity contribution in [3.05, 3.63) is 29.5 Å². The second-order valence-corrected chi connectivity index (χ2v) is 7.01. The van der Waals surface area contributed by atoms with Gasteiger partial charge in [-0.05, 0) is 49.5 Å². The van der Waals surface area contributed by atoms with Crippen LogP contribution in [0.2, 0.25) is 0 Å². The van der Waals surface area contributed by atoms with Gasteiger partial charge in [0.15, 0.2) is 0 Å². The van der Waals surface area contributed by atoms with Crippen LogP contribution in [0, 0.1) is 0 Å². The highest BCUT2D eigenvalue weighted by molar-refractivity contribution is 5.87. The molecule has 0 bridgehead atoms. The van der Waals surface area contributed by atoms with Gasteiger partial charge in [0.1, 0.15) is 0 Å². The van der Waals surface area contributed by atoms with Crippen molar-refractivity contribution in [2.45, 2.75) is 38.3 Å². The third-order valence-corrected chi connectivity index (χ3v) is 5.39. The van der Waals surface area contributed by atoms with Gasteiger partial charge in [0.25, 0.3) is 0 Å². The number of nitrogens with zero attached hydrogens (tertiary/aromatic N) is 3. The number of carbonyl (C=O) groups is 1. The zero-order valence-corrected chi connectivity index (χ0v) is 14.0. The zero-order chi connectivity index (χ0) is 16.5. The number of hydrogen-bond donors (Lipinski definition) is 2. The Morgan fingerprint density at radius 2 is 2.04 bits per heavy atom. The molecule has 0 saturated carbocycles. The minimum Gasteiger partial charge on any atom is -0.336 e. The van der Waals surface area contributed by atoms with E-state index in [1.54, 1.807) is 0 Å². The molecule has 2 aliphatic heterocycles. The van der Waals surface area contributed by atoms with Crippen LogP contribution in [0.15, 0.2) is 18.3 Å². The first-order valence-corrected chi connectivity index (χ1v) is 8.93. The number of amides is 1. The average Bonchev–Trinajstić information content (AvgIpc) is 3.04. The summed E-state index contributed by atoms with van der Waals surface area (Å²) in [6.45, 7) is 4.62. The minimum atomic E-state index is -0.447. The van der Waals surface area contributed by atoms with E-state index in [9.17, 15) is 4.79 Å². The van der Waals surface area contributed by atoms with E-state index < -0.39 is 6.04 Å². The molecule has 24 heavy (non-hydrogen) atoms. The fourth-order valence-electron chi connectivity index (χ4n) is 3.96. The number of H-pyrrole nitrogens is 1. The van der Waals surface area contributed by atoms with Crippen molar-refractivity contribution in [2.75, 3.05) is 26.2 Å². The lowest BCUT2D eigenvalue weighted by Crippen LogP contribution is -2.46. The van der Waals surface area contributed by atoms with Crippen molar-refractivity contribution in [3.63, 3.8) is 0 Å². The Morgan fingerprint density at radius 1 is 1.21 bits per heavy atom. The van der Waals surface area contributed by atoms with Crippen LogP contribution in [0.4, 0.5) is 0 Å². The molecule has 1 aromatic heterocycles. The summed E-state index contributed by atoms with van der Waals surface area (Å²) >= 11 is 0. The van der Waals surface area contributed by atoms with E-state index in [4.69, 9.17) is 5.73 Å². The average molecular weight is 327 g/mol. The topological polar surface area (TPSA) is 78.2 Å². The van der Waals surface area contributed by atoms with E-state index >= 15 is 0 Å². The lowest BCUT2D eigenvalue weighted by atomic mass is 9.99. The molecule has 128 valence electrons. The van der Waals surface area contributed by atoms with Gasteiger partial charge >= 0.3 is 0 Å². The van der Waals surface area contributed by atoms with Crippen molar-refractivity contribution in [1.29, 1.82) is 0 Å². The predicted molar refractivity (Wildman–Crippen MR) is 93.5 cm³/mol. The molecule has 1 saturated heterocycles. The van der Waals surface area contributed by atoms with Gasteiger partial charge in [-0.15, -0.1) is 0 Å². The van der Waals surface area contributed by atoms with Crippen molar-refractivity contribution < 1.29 is 4.79 Å². The van der Waals surface area contributed by atoms with E-state index in [0.29, 0.717) is 13.0 Å². The Hall–Kier alpha value is -1.92. The largest absolute Gasteiger partial charge is 0.336 e. The fourth-order valence-corrected chi connectivity index (χ4v) is 3.96. The monoisotopic (exact) mass is 327 g/mol. The van der Waals surface area contributed by atoms with Crippen LogP contribution >= 0.6 is 0 Å². The first-order chi connectivity index (χ1) is 11.7. The molecule has 0 aliphatic carbocycles. The van der Waals surface area contributed by atoms with Crippen molar-refractivity contribution in [3.8, 4) is 0 Å². The van der Waals surface area contributed by atoms with Crippen molar-refractivity contribution in [1.82, 2.24) is 20.0 Å². The van der Waals surface area contributed by atoms with Crippen LogP contribution in [0.5, 0.6) is 0 Å². The highest BCUT2D eigenvalue weighted by atomic mass is 16.2. The molecule has 2 aliphatic rings. The number of fused-ring (bicyclic) bond motifs is 3. The van der Waals surface area contributed by atoms with Crippen LogP contribution in [0.25, 0.3) is 10.9 Å². The second-order valence-electron chi connectivity index (χ2n) is 7.01. The molecule has 1 atom stereocenters. The van der Waals surface area contributed by atoms with Gasteiger partial charge in [-0.2, -0.15) is 5.10 Å². The Bertz CT molecular complexity index is 734. The summed E-state index contributed by atoms with van der Waals surface area (Å²) in [6.07, 6.45) is 6.33. The lowest BCUT2D eigenvalue weighted by molar-refractivity contribution is -0.133. The number of piperidine rings is 1. The third-order valence-electron chi connectivity index (χ3n) is 5.39. The van der Waals surface area contributed by atoms with Crippen molar-refractivity contribution >= 4 is 16.8 Å². The fraction of sp³-hybridized carbons (Fsp3) is 0.556. The quantitative estimate of drug-likeness (QED) is 0.890. The van der Waals surface area contributed by atoms with Gasteiger partial charge < -0.3 is 15.5 Å². The van der Waals surface area contributed by atoms with Crippen LogP contribution in [-0.2, 0) is 17.8 Å². The number of carbonyl (C=O) groups excluding carboxylic acids is 1. The first kappa shape index (κ1) is 15.6. The Kier molecular flexibility index (Phi) is 4.24. The Morgan fingerprint density at radius 3 is 2.88 bits per heavy atom. The summed E-state index contributed by atoms with van der Waals surface area (Å²) in [4.78, 5) is 17.1. The smallest absolute Gasteiger partial charge is 0.240 e. The number of rotatable bonds is 3. The Balaban J connectivity index is 1.57. The lowest BCUT2D eigenvalue weighted by Gasteiger charge is -2.30. The van der Waals surface area contributed by atoms with Gasteiger partial charge in [-0.3, -0.25) is 9.89 Å². The summed E-state index contributed by atoms with van der Waals surface area (Å²) in [5.41, 5.74) is 9.57. The van der Waals surface area contributed by atoms with Crippen LogP contribution in [0.1, 0.15) is 30.4 Å². The number of likely N-dealkylation sites (tertiary alicyclic amines) is 1. The number of nitrogens with two attached hydrogens (primary N) is 1. The molecule has 0 spiro atoms. The SMILES string of the molecule is N[C@@H]1Cc2ccc3[nH]ncc3c2CN(CCN2CCCCC2)C1=O. The normalized spacial score (nSPS) is 22.6. The van der Waals surface area contributed by atoms with E-state index in [-0.39, 0.29) is 5.91 Å². The summed E-state index contributed by atoms with van der Waals surface area (Å²) < 4.78 is 0. The molecule has 3 heterocycles. The van der Waals surface area contributed by atoms with Gasteiger partial charge in [0.2, 0.25) is 5.91 Å². The van der Waals surface area contributed by atoms with Crippen LogP contribution in [0.3, 0.4) is 0 Å². The first-order valence-electron chi connectivity index (χ1n) is 8.93. The molecule has 6 nitrogen and oxygen atoms in total. The molecule has 1 aromatic carbocycles. The molecular weight excluding hydrogens is 302 g/mol. The van der Waals surface area contributed by atoms with E-state index in [0.717, 1.165) is 37.1 Å². The minimum absolute atomic E-state index is 0.0693. The number of hydrogen-bond acceptors (Lipinski definition) is 4. The number of aromatic nitrogens is 2. The maximum Gasteiger partial charge on any atom is 0.240 e. The van der Waals surface area contributed by atoms with E-state index in [1.165, 1.54) is 30.4 Å². The Labute approximate surface area is 142 Å². The molecule has 4 rings (SSSR count). The standard InChI is InChI=1S/C18H25N5O/c19-16-10-13-4-5-17-14(11-20-21-17)15(13)12-23(18(16)24)9-8-22-6-2-1-3-7-22/h4-5,11,16H,1-3,6-10,12,19H2,(H,20,21)/t16-/m1/s1. The highest BCUT2D eigenvalue weighted by Gasteiger charge is 2.28. The van der Waals surface area contributed by atoms with Crippen LogP contribution < -0.4 is 5.73 Å². The maximum absolute atomic E-state index is 12.7. The van der Waals surface area contributed by atoms with Gasteiger partial charge in [0.05, 0.1) is 17.8 Å². The molecule has 0 radical (unpaired) electrons. The summed E-state index contributed by atoms with van der Waals surface area (Å²) in [6, 6.07) is 3.66. The summed E-state index contributed by atoms with van der Waals surface area (Å²) in [5, 5.41) is 8.28. The third kappa shape index (κ3) is 2.91. The number of benzene rings is 1. The second kappa shape index (κ2) is 6.53. The van der Waals surface area contributed by atoms with Crippen LogP contribution in [-0.4, -0.2) is 58.1 Å². The summed E-state index contributed by atoms with van der Waals surface area (Å²) in [7, 11) is 0. The highest BCUT2D eigenvalue weighted by Crippen LogP contribution is 2.26. The van der Waals surface area contributed by atoms with E-state index in [2.05, 4.69) is 21.2 Å². The summed E-state index contributed by atoms with van der Waals surface area (Å²) in [5.74, 6) is 0.0693. The molecule has 2 aromatic rings. The molecule has 0 unspecified atom stereocenters. The van der Waals surface area contributed by atoms with Gasteiger partial charge in [-0.1, -0.05) is 12.5 Å².